The molecule has 27 heavy (non-hydrogen) atoms. The number of piperidine rings is 1. The summed E-state index contributed by atoms with van der Waals surface area (Å²) in [6, 6.07) is 6.11. The summed E-state index contributed by atoms with van der Waals surface area (Å²) >= 11 is 6.02. The molecule has 0 saturated carbocycles. The third-order valence-electron chi connectivity index (χ3n) is 5.05. The molecule has 1 amide bonds. The molecule has 0 spiro atoms. The summed E-state index contributed by atoms with van der Waals surface area (Å²) in [6.45, 7) is 2.46. The topological polar surface area (TPSA) is 67.4 Å². The number of halogens is 1. The minimum Gasteiger partial charge on any atom is -0.423 e. The molecule has 1 saturated heterocycles. The van der Waals surface area contributed by atoms with Gasteiger partial charge in [0.25, 0.3) is 11.9 Å². The summed E-state index contributed by atoms with van der Waals surface area (Å²) in [5.41, 5.74) is 2.15. The van der Waals surface area contributed by atoms with Crippen LogP contribution in [0.1, 0.15) is 23.2 Å². The predicted molar refractivity (Wildman–Crippen MR) is 104 cm³/mol. The number of nitrogens with zero attached hydrogens (tertiary/aromatic N) is 5. The molecule has 1 aromatic carbocycles. The minimum atomic E-state index is 0.0151. The van der Waals surface area contributed by atoms with Gasteiger partial charge < -0.3 is 14.2 Å². The molecule has 3 aromatic rings. The van der Waals surface area contributed by atoms with Crippen LogP contribution in [0.15, 0.2) is 35.0 Å². The first-order valence-electron chi connectivity index (χ1n) is 9.05. The molecule has 0 radical (unpaired) electrons. The van der Waals surface area contributed by atoms with Crippen LogP contribution in [-0.2, 0) is 7.05 Å². The third-order valence-corrected chi connectivity index (χ3v) is 5.29. The maximum absolute atomic E-state index is 12.5. The number of oxazole rings is 1. The Kier molecular flexibility index (Phi) is 4.78. The first-order valence-corrected chi connectivity index (χ1v) is 9.42. The van der Waals surface area contributed by atoms with Crippen LogP contribution in [0, 0.1) is 5.92 Å². The number of hydrogen-bond acceptors (Lipinski definition) is 5. The van der Waals surface area contributed by atoms with Gasteiger partial charge in [0.2, 0.25) is 0 Å². The normalized spacial score (nSPS) is 15.4. The van der Waals surface area contributed by atoms with Gasteiger partial charge in [0.05, 0.1) is 11.8 Å². The maximum Gasteiger partial charge on any atom is 0.298 e. The number of aromatic nitrogens is 3. The number of hydrogen-bond donors (Lipinski definition) is 0. The van der Waals surface area contributed by atoms with Crippen molar-refractivity contribution in [3.05, 3.63) is 41.2 Å². The van der Waals surface area contributed by atoms with Crippen LogP contribution in [0.3, 0.4) is 0 Å². The van der Waals surface area contributed by atoms with Crippen LogP contribution in [0.5, 0.6) is 0 Å². The van der Waals surface area contributed by atoms with E-state index in [2.05, 4.69) is 15.0 Å². The lowest BCUT2D eigenvalue weighted by atomic mass is 9.96. The zero-order valence-electron chi connectivity index (χ0n) is 15.4. The van der Waals surface area contributed by atoms with E-state index in [-0.39, 0.29) is 5.91 Å². The van der Waals surface area contributed by atoms with E-state index >= 15 is 0 Å². The molecule has 1 aliphatic heterocycles. The zero-order chi connectivity index (χ0) is 19.0. The van der Waals surface area contributed by atoms with Crippen molar-refractivity contribution in [2.45, 2.75) is 12.8 Å². The van der Waals surface area contributed by atoms with E-state index in [4.69, 9.17) is 16.0 Å². The Bertz CT molecular complexity index is 958. The Labute approximate surface area is 162 Å². The smallest absolute Gasteiger partial charge is 0.298 e. The molecule has 142 valence electrons. The highest BCUT2D eigenvalue weighted by Gasteiger charge is 2.25. The molecule has 0 unspecified atom stereocenters. The number of benzene rings is 1. The number of aryl methyl sites for hydroxylation is 1. The van der Waals surface area contributed by atoms with Gasteiger partial charge in [0, 0.05) is 44.9 Å². The van der Waals surface area contributed by atoms with Crippen molar-refractivity contribution in [1.29, 1.82) is 0 Å². The van der Waals surface area contributed by atoms with Crippen molar-refractivity contribution in [3.63, 3.8) is 0 Å². The lowest BCUT2D eigenvalue weighted by Gasteiger charge is -2.32. The number of carbonyl (C=O) groups is 1. The summed E-state index contributed by atoms with van der Waals surface area (Å²) in [6.07, 6.45) is 5.34. The van der Waals surface area contributed by atoms with Gasteiger partial charge in [-0.05, 0) is 37.0 Å². The number of amides is 1. The van der Waals surface area contributed by atoms with Crippen LogP contribution in [0.4, 0.5) is 6.01 Å². The molecule has 2 aromatic heterocycles. The number of fused-ring (bicyclic) bond motifs is 1. The molecular weight excluding hydrogens is 366 g/mol. The Hall–Kier alpha value is -2.54. The average Bonchev–Trinajstić information content (AvgIpc) is 3.27. The molecule has 8 heteroatoms. The first-order chi connectivity index (χ1) is 13.0. The molecular formula is C19H22ClN5O2. The molecule has 1 fully saturated rings. The maximum atomic E-state index is 12.5. The highest BCUT2D eigenvalue weighted by molar-refractivity contribution is 6.31. The van der Waals surface area contributed by atoms with E-state index in [9.17, 15) is 4.79 Å². The lowest BCUT2D eigenvalue weighted by Crippen LogP contribution is -2.39. The van der Waals surface area contributed by atoms with Gasteiger partial charge in [-0.3, -0.25) is 9.48 Å². The van der Waals surface area contributed by atoms with Crippen molar-refractivity contribution < 1.29 is 9.21 Å². The van der Waals surface area contributed by atoms with Crippen LogP contribution < -0.4 is 4.90 Å². The van der Waals surface area contributed by atoms with E-state index in [0.29, 0.717) is 22.5 Å². The second-order valence-corrected chi connectivity index (χ2v) is 7.56. The van der Waals surface area contributed by atoms with Gasteiger partial charge in [-0.2, -0.15) is 10.1 Å². The van der Waals surface area contributed by atoms with E-state index in [1.807, 2.05) is 26.2 Å². The van der Waals surface area contributed by atoms with Crippen molar-refractivity contribution in [3.8, 4) is 0 Å². The average molecular weight is 388 g/mol. The van der Waals surface area contributed by atoms with Gasteiger partial charge in [0.1, 0.15) is 5.52 Å². The van der Waals surface area contributed by atoms with Gasteiger partial charge >= 0.3 is 0 Å². The van der Waals surface area contributed by atoms with Crippen LogP contribution in [0.25, 0.3) is 11.1 Å². The van der Waals surface area contributed by atoms with Crippen molar-refractivity contribution in [1.82, 2.24) is 19.7 Å². The third kappa shape index (κ3) is 3.78. The molecule has 3 heterocycles. The van der Waals surface area contributed by atoms with Crippen molar-refractivity contribution in [2.75, 3.05) is 31.6 Å². The second kappa shape index (κ2) is 7.23. The van der Waals surface area contributed by atoms with E-state index < -0.39 is 0 Å². The Balaban J connectivity index is 1.34. The second-order valence-electron chi connectivity index (χ2n) is 7.13. The summed E-state index contributed by atoms with van der Waals surface area (Å²) in [5.74, 6) is 0.479. The first kappa shape index (κ1) is 17.9. The number of anilines is 1. The fourth-order valence-corrected chi connectivity index (χ4v) is 3.72. The van der Waals surface area contributed by atoms with Crippen molar-refractivity contribution >= 4 is 34.6 Å². The Morgan fingerprint density at radius 1 is 1.37 bits per heavy atom. The Morgan fingerprint density at radius 2 is 2.15 bits per heavy atom. The molecule has 0 aliphatic carbocycles. The summed E-state index contributed by atoms with van der Waals surface area (Å²) in [5, 5.41) is 4.73. The zero-order valence-corrected chi connectivity index (χ0v) is 16.2. The highest BCUT2D eigenvalue weighted by Crippen LogP contribution is 2.28. The van der Waals surface area contributed by atoms with Gasteiger partial charge in [-0.1, -0.05) is 11.6 Å². The quantitative estimate of drug-likeness (QED) is 0.687. The van der Waals surface area contributed by atoms with Crippen LogP contribution >= 0.6 is 11.6 Å². The predicted octanol–water partition coefficient (Wildman–Crippen LogP) is 3.20. The standard InChI is InChI=1S/C19H22ClN5O2/c1-23(18(26)14-10-21-24(2)12-14)11-13-5-7-25(8-6-13)19-22-16-9-15(20)3-4-17(16)27-19/h3-4,9-10,12-13H,5-8,11H2,1-2H3. The fourth-order valence-electron chi connectivity index (χ4n) is 3.55. The monoisotopic (exact) mass is 387 g/mol. The fraction of sp³-hybridized carbons (Fsp3) is 0.421. The molecule has 4 rings (SSSR count). The van der Waals surface area contributed by atoms with E-state index in [1.54, 1.807) is 28.0 Å². The largest absolute Gasteiger partial charge is 0.423 e. The molecule has 0 atom stereocenters. The van der Waals surface area contributed by atoms with Crippen molar-refractivity contribution in [2.24, 2.45) is 13.0 Å². The lowest BCUT2D eigenvalue weighted by molar-refractivity contribution is 0.0764. The van der Waals surface area contributed by atoms with Gasteiger partial charge in [-0.25, -0.2) is 0 Å². The van der Waals surface area contributed by atoms with E-state index in [1.165, 1.54) is 0 Å². The van der Waals surface area contributed by atoms with Crippen LogP contribution in [-0.4, -0.2) is 52.3 Å². The van der Waals surface area contributed by atoms with Gasteiger partial charge in [-0.15, -0.1) is 0 Å². The molecule has 7 nitrogen and oxygen atoms in total. The highest BCUT2D eigenvalue weighted by atomic mass is 35.5. The summed E-state index contributed by atoms with van der Waals surface area (Å²) in [7, 11) is 3.67. The molecule has 1 aliphatic rings. The number of rotatable bonds is 4. The Morgan fingerprint density at radius 3 is 2.85 bits per heavy atom. The minimum absolute atomic E-state index is 0.0151. The van der Waals surface area contributed by atoms with Gasteiger partial charge in [0.15, 0.2) is 5.58 Å². The molecule has 0 N–H and O–H groups in total. The molecule has 0 bridgehead atoms. The van der Waals surface area contributed by atoms with Crippen LogP contribution in [0.2, 0.25) is 5.02 Å². The summed E-state index contributed by atoms with van der Waals surface area (Å²) < 4.78 is 7.51. The number of carbonyl (C=O) groups excluding carboxylic acids is 1. The van der Waals surface area contributed by atoms with E-state index in [0.717, 1.165) is 43.6 Å². The summed E-state index contributed by atoms with van der Waals surface area (Å²) in [4.78, 5) is 21.0. The SMILES string of the molecule is CN(CC1CCN(c2nc3cc(Cl)ccc3o2)CC1)C(=O)c1cnn(C)c1.